The number of para-hydroxylation sites is 3. The molecule has 0 bridgehead atoms. The number of fused-ring (bicyclic) bond motifs is 1. The van der Waals surface area contributed by atoms with E-state index in [9.17, 15) is 4.79 Å². The maximum absolute atomic E-state index is 11.8. The van der Waals surface area contributed by atoms with E-state index < -0.39 is 0 Å². The standard InChI is InChI=1S/C25H33N3O2/c1-18(2)20-10-5-8-13-23(20)30-17-16-28-22-12-7-6-11-21(22)27-24(28)14-9-15-26-25(29)19(3)4/h5-8,10-13,18-19H,9,14-17H2,1-4H3,(H,26,29). The fraction of sp³-hybridized carbons (Fsp3) is 0.440. The number of carbonyl (C=O) groups is 1. The van der Waals surface area contributed by atoms with Gasteiger partial charge in [0.2, 0.25) is 5.91 Å². The van der Waals surface area contributed by atoms with Crippen LogP contribution in [0.4, 0.5) is 0 Å². The maximum atomic E-state index is 11.8. The lowest BCUT2D eigenvalue weighted by atomic mass is 10.0. The van der Waals surface area contributed by atoms with Crippen molar-refractivity contribution >= 4 is 16.9 Å². The Morgan fingerprint density at radius 1 is 1.07 bits per heavy atom. The highest BCUT2D eigenvalue weighted by atomic mass is 16.5. The van der Waals surface area contributed by atoms with Crippen LogP contribution in [-0.2, 0) is 17.8 Å². The van der Waals surface area contributed by atoms with Gasteiger partial charge in [-0.15, -0.1) is 0 Å². The number of nitrogens with one attached hydrogen (secondary N) is 1. The van der Waals surface area contributed by atoms with Crippen LogP contribution in [0, 0.1) is 5.92 Å². The summed E-state index contributed by atoms with van der Waals surface area (Å²) in [7, 11) is 0. The largest absolute Gasteiger partial charge is 0.491 e. The first-order valence-electron chi connectivity index (χ1n) is 10.9. The molecule has 5 heteroatoms. The lowest BCUT2D eigenvalue weighted by Crippen LogP contribution is -2.28. The molecule has 1 N–H and O–H groups in total. The Hall–Kier alpha value is -2.82. The molecular weight excluding hydrogens is 374 g/mol. The number of rotatable bonds is 10. The highest BCUT2D eigenvalue weighted by Gasteiger charge is 2.12. The number of hydrogen-bond donors (Lipinski definition) is 1. The Labute approximate surface area is 179 Å². The molecule has 5 nitrogen and oxygen atoms in total. The van der Waals surface area contributed by atoms with Crippen molar-refractivity contribution in [2.45, 2.75) is 53.0 Å². The van der Waals surface area contributed by atoms with E-state index in [2.05, 4.69) is 41.9 Å². The summed E-state index contributed by atoms with van der Waals surface area (Å²) in [6, 6.07) is 16.5. The Morgan fingerprint density at radius 2 is 1.80 bits per heavy atom. The number of nitrogens with zero attached hydrogens (tertiary/aromatic N) is 2. The van der Waals surface area contributed by atoms with Crippen LogP contribution in [0.3, 0.4) is 0 Å². The van der Waals surface area contributed by atoms with Gasteiger partial charge >= 0.3 is 0 Å². The van der Waals surface area contributed by atoms with Gasteiger partial charge in [-0.3, -0.25) is 4.79 Å². The molecule has 2 aromatic carbocycles. The molecule has 1 heterocycles. The summed E-state index contributed by atoms with van der Waals surface area (Å²) in [4.78, 5) is 16.6. The molecule has 0 atom stereocenters. The van der Waals surface area contributed by atoms with Gasteiger partial charge in [-0.05, 0) is 36.1 Å². The van der Waals surface area contributed by atoms with Gasteiger partial charge < -0.3 is 14.6 Å². The Kier molecular flexibility index (Phi) is 7.50. The van der Waals surface area contributed by atoms with Gasteiger partial charge in [0.25, 0.3) is 0 Å². The van der Waals surface area contributed by atoms with Gasteiger partial charge in [-0.1, -0.05) is 58.0 Å². The Bertz CT molecular complexity index is 975. The van der Waals surface area contributed by atoms with Crippen LogP contribution in [0.1, 0.15) is 51.4 Å². The van der Waals surface area contributed by atoms with Crippen LogP contribution in [0.25, 0.3) is 11.0 Å². The van der Waals surface area contributed by atoms with Crippen LogP contribution >= 0.6 is 0 Å². The minimum absolute atomic E-state index is 0.0143. The van der Waals surface area contributed by atoms with E-state index in [0.29, 0.717) is 19.1 Å². The van der Waals surface area contributed by atoms with Crippen molar-refractivity contribution < 1.29 is 9.53 Å². The van der Waals surface area contributed by atoms with E-state index in [1.165, 1.54) is 5.56 Å². The third-order valence-corrected chi connectivity index (χ3v) is 5.25. The van der Waals surface area contributed by atoms with Crippen LogP contribution in [0.2, 0.25) is 0 Å². The van der Waals surface area contributed by atoms with Gasteiger partial charge in [0.1, 0.15) is 18.2 Å². The predicted molar refractivity (Wildman–Crippen MR) is 122 cm³/mol. The second-order valence-electron chi connectivity index (χ2n) is 8.26. The lowest BCUT2D eigenvalue weighted by molar-refractivity contribution is -0.123. The van der Waals surface area contributed by atoms with Crippen molar-refractivity contribution in [1.82, 2.24) is 14.9 Å². The van der Waals surface area contributed by atoms with Crippen molar-refractivity contribution in [3.63, 3.8) is 0 Å². The van der Waals surface area contributed by atoms with Crippen LogP contribution < -0.4 is 10.1 Å². The molecule has 0 aliphatic carbocycles. The number of hydrogen-bond acceptors (Lipinski definition) is 3. The molecular formula is C25H33N3O2. The zero-order valence-electron chi connectivity index (χ0n) is 18.5. The Balaban J connectivity index is 1.67. The van der Waals surface area contributed by atoms with Gasteiger partial charge in [0.15, 0.2) is 0 Å². The molecule has 0 fully saturated rings. The lowest BCUT2D eigenvalue weighted by Gasteiger charge is -2.15. The molecule has 1 amide bonds. The average molecular weight is 408 g/mol. The first kappa shape index (κ1) is 21.9. The zero-order valence-corrected chi connectivity index (χ0v) is 18.5. The quantitative estimate of drug-likeness (QED) is 0.484. The molecule has 0 spiro atoms. The number of amides is 1. The molecule has 3 rings (SSSR count). The molecule has 0 saturated heterocycles. The number of carbonyl (C=O) groups excluding carboxylic acids is 1. The van der Waals surface area contributed by atoms with Gasteiger partial charge in [-0.25, -0.2) is 4.98 Å². The third-order valence-electron chi connectivity index (χ3n) is 5.25. The second kappa shape index (κ2) is 10.3. The molecule has 1 aromatic heterocycles. The van der Waals surface area contributed by atoms with Crippen molar-refractivity contribution in [3.8, 4) is 5.75 Å². The highest BCUT2D eigenvalue weighted by Crippen LogP contribution is 2.26. The van der Waals surface area contributed by atoms with E-state index in [-0.39, 0.29) is 11.8 Å². The fourth-order valence-electron chi connectivity index (χ4n) is 3.56. The smallest absolute Gasteiger partial charge is 0.222 e. The summed E-state index contributed by atoms with van der Waals surface area (Å²) in [5.74, 6) is 2.53. The predicted octanol–water partition coefficient (Wildman–Crippen LogP) is 4.94. The van der Waals surface area contributed by atoms with E-state index in [0.717, 1.165) is 42.0 Å². The number of ether oxygens (including phenoxy) is 1. The SMILES string of the molecule is CC(C)C(=O)NCCCc1nc2ccccc2n1CCOc1ccccc1C(C)C. The Morgan fingerprint density at radius 3 is 2.57 bits per heavy atom. The summed E-state index contributed by atoms with van der Waals surface area (Å²) in [6.45, 7) is 10.2. The van der Waals surface area contributed by atoms with Gasteiger partial charge in [0, 0.05) is 18.9 Å². The van der Waals surface area contributed by atoms with Crippen molar-refractivity contribution in [1.29, 1.82) is 0 Å². The van der Waals surface area contributed by atoms with E-state index in [4.69, 9.17) is 9.72 Å². The van der Waals surface area contributed by atoms with Gasteiger partial charge in [-0.2, -0.15) is 0 Å². The summed E-state index contributed by atoms with van der Waals surface area (Å²) in [5.41, 5.74) is 3.36. The van der Waals surface area contributed by atoms with E-state index in [1.54, 1.807) is 0 Å². The molecule has 0 aliphatic heterocycles. The monoisotopic (exact) mass is 407 g/mol. The topological polar surface area (TPSA) is 56.2 Å². The fourth-order valence-corrected chi connectivity index (χ4v) is 3.56. The molecule has 3 aromatic rings. The van der Waals surface area contributed by atoms with Crippen LogP contribution in [0.5, 0.6) is 5.75 Å². The number of aromatic nitrogens is 2. The summed E-state index contributed by atoms with van der Waals surface area (Å²) in [6.07, 6.45) is 1.68. The molecule has 0 saturated carbocycles. The van der Waals surface area contributed by atoms with E-state index in [1.807, 2.05) is 44.2 Å². The van der Waals surface area contributed by atoms with E-state index >= 15 is 0 Å². The number of benzene rings is 2. The summed E-state index contributed by atoms with van der Waals surface area (Å²) < 4.78 is 8.40. The molecule has 0 unspecified atom stereocenters. The minimum atomic E-state index is 0.0143. The number of imidazole rings is 1. The van der Waals surface area contributed by atoms with Crippen molar-refractivity contribution in [2.24, 2.45) is 5.92 Å². The highest BCUT2D eigenvalue weighted by molar-refractivity contribution is 5.77. The average Bonchev–Trinajstić information content (AvgIpc) is 3.08. The van der Waals surface area contributed by atoms with Crippen LogP contribution in [0.15, 0.2) is 48.5 Å². The van der Waals surface area contributed by atoms with Crippen molar-refractivity contribution in [3.05, 3.63) is 59.9 Å². The maximum Gasteiger partial charge on any atom is 0.222 e. The second-order valence-corrected chi connectivity index (χ2v) is 8.26. The van der Waals surface area contributed by atoms with Gasteiger partial charge in [0.05, 0.1) is 17.6 Å². The first-order chi connectivity index (χ1) is 14.5. The molecule has 30 heavy (non-hydrogen) atoms. The zero-order chi connectivity index (χ0) is 21.5. The molecule has 0 aliphatic rings. The summed E-state index contributed by atoms with van der Waals surface area (Å²) >= 11 is 0. The molecule has 160 valence electrons. The number of aryl methyl sites for hydroxylation is 1. The normalized spacial score (nSPS) is 11.4. The van der Waals surface area contributed by atoms with Crippen LogP contribution in [-0.4, -0.2) is 28.6 Å². The minimum Gasteiger partial charge on any atom is -0.491 e. The summed E-state index contributed by atoms with van der Waals surface area (Å²) in [5, 5.41) is 2.99. The van der Waals surface area contributed by atoms with Crippen molar-refractivity contribution in [2.75, 3.05) is 13.2 Å². The first-order valence-corrected chi connectivity index (χ1v) is 10.9. The molecule has 0 radical (unpaired) electrons. The third kappa shape index (κ3) is 5.41.